The minimum absolute atomic E-state index is 0.0603. The van der Waals surface area contributed by atoms with Gasteiger partial charge in [-0.2, -0.15) is 0 Å². The number of hydrogen-bond donors (Lipinski definition) is 0. The normalized spacial score (nSPS) is 35.2. The first-order chi connectivity index (χ1) is 19.4. The fourth-order valence-electron chi connectivity index (χ4n) is 10.0. The molecule has 7 atom stereocenters. The first-order valence-corrected chi connectivity index (χ1v) is 18.1. The van der Waals surface area contributed by atoms with E-state index in [0.29, 0.717) is 29.5 Å². The minimum Gasteiger partial charge on any atom is -0.462 e. The Balaban J connectivity index is 1.06. The van der Waals surface area contributed by atoms with E-state index >= 15 is 0 Å². The fraction of sp³-hybridized carbons (Fsp3) is 0.946. The van der Waals surface area contributed by atoms with Gasteiger partial charge in [-0.1, -0.05) is 111 Å². The van der Waals surface area contributed by atoms with Crippen LogP contribution in [0.5, 0.6) is 0 Å². The zero-order valence-electron chi connectivity index (χ0n) is 26.8. The van der Waals surface area contributed by atoms with E-state index in [2.05, 4.69) is 20.8 Å². The molecule has 3 unspecified atom stereocenters. The molecule has 3 nitrogen and oxygen atoms in total. The number of carbonyl (C=O) groups is 2. The van der Waals surface area contributed by atoms with Crippen molar-refractivity contribution in [3.63, 3.8) is 0 Å². The van der Waals surface area contributed by atoms with E-state index < -0.39 is 0 Å². The average molecular weight is 557 g/mol. The molecule has 0 N–H and O–H groups in total. The molecule has 0 aromatic rings. The Labute approximate surface area is 247 Å². The standard InChI is InChI=1S/C37H64O3/c1-4-5-6-7-8-9-10-11-12-13-14-15-16-17-18-19-35(39)40-34-23-22-32-31-21-20-29-28-30(38)24-26-36(29,2)33(31)25-27-37(32,34)3/h29,31-34H,4-28H2,1-3H3/t29-,31?,32?,33?,34+,36+,37+/m1/s1. The molecule has 0 aromatic carbocycles. The monoisotopic (exact) mass is 556 g/mol. The smallest absolute Gasteiger partial charge is 0.306 e. The summed E-state index contributed by atoms with van der Waals surface area (Å²) in [5, 5.41) is 0. The lowest BCUT2D eigenvalue weighted by Crippen LogP contribution is -2.54. The van der Waals surface area contributed by atoms with E-state index in [1.807, 2.05) is 0 Å². The quantitative estimate of drug-likeness (QED) is 0.132. The summed E-state index contributed by atoms with van der Waals surface area (Å²) in [5.74, 6) is 3.42. The van der Waals surface area contributed by atoms with Gasteiger partial charge in [-0.25, -0.2) is 0 Å². The molecule has 4 aliphatic carbocycles. The molecule has 0 saturated heterocycles. The second-order valence-electron chi connectivity index (χ2n) is 15.2. The maximum atomic E-state index is 12.8. The van der Waals surface area contributed by atoms with Gasteiger partial charge in [0, 0.05) is 24.7 Å². The van der Waals surface area contributed by atoms with Gasteiger partial charge >= 0.3 is 5.97 Å². The van der Waals surface area contributed by atoms with E-state index in [0.717, 1.165) is 43.9 Å². The number of unbranched alkanes of at least 4 members (excludes halogenated alkanes) is 14. The summed E-state index contributed by atoms with van der Waals surface area (Å²) >= 11 is 0. The molecular formula is C37H64O3. The Bertz CT molecular complexity index is 790. The summed E-state index contributed by atoms with van der Waals surface area (Å²) in [4.78, 5) is 25.0. The van der Waals surface area contributed by atoms with E-state index in [1.54, 1.807) is 0 Å². The summed E-state index contributed by atoms with van der Waals surface area (Å²) in [6.45, 7) is 7.26. The van der Waals surface area contributed by atoms with Crippen LogP contribution in [-0.2, 0) is 14.3 Å². The number of Topliss-reactive ketones (excluding diaryl/α,β-unsaturated/α-hetero) is 1. The Kier molecular flexibility index (Phi) is 12.5. The molecule has 0 radical (unpaired) electrons. The molecule has 0 spiro atoms. The van der Waals surface area contributed by atoms with Crippen molar-refractivity contribution in [3.05, 3.63) is 0 Å². The van der Waals surface area contributed by atoms with Crippen molar-refractivity contribution in [3.8, 4) is 0 Å². The van der Waals surface area contributed by atoms with Gasteiger partial charge < -0.3 is 4.74 Å². The average Bonchev–Trinajstić information content (AvgIpc) is 3.27. The minimum atomic E-state index is 0.0603. The molecule has 0 amide bonds. The predicted octanol–water partition coefficient (Wildman–Crippen LogP) is 10.8. The van der Waals surface area contributed by atoms with Crippen LogP contribution >= 0.6 is 0 Å². The Morgan fingerprint density at radius 1 is 0.700 bits per heavy atom. The van der Waals surface area contributed by atoms with Crippen LogP contribution in [-0.4, -0.2) is 17.9 Å². The molecule has 4 fully saturated rings. The molecular weight excluding hydrogens is 492 g/mol. The third-order valence-electron chi connectivity index (χ3n) is 12.7. The van der Waals surface area contributed by atoms with E-state index in [1.165, 1.54) is 122 Å². The van der Waals surface area contributed by atoms with Gasteiger partial charge in [0.2, 0.25) is 0 Å². The zero-order valence-corrected chi connectivity index (χ0v) is 26.8. The lowest BCUT2D eigenvalue weighted by Gasteiger charge is -2.60. The van der Waals surface area contributed by atoms with Gasteiger partial charge in [0.1, 0.15) is 11.9 Å². The maximum absolute atomic E-state index is 12.8. The van der Waals surface area contributed by atoms with E-state index in [-0.39, 0.29) is 17.5 Å². The SMILES string of the molecule is CCCCCCCCCCCCCCCCCC(=O)O[C@H]1CCC2C3CC[C@@H]4CC(=O)CC[C@]4(C)C3CC[C@@]21C. The molecule has 0 aromatic heterocycles. The molecule has 0 heterocycles. The number of ether oxygens (including phenoxy) is 1. The van der Waals surface area contributed by atoms with Crippen LogP contribution in [0.3, 0.4) is 0 Å². The third-order valence-corrected chi connectivity index (χ3v) is 12.7. The van der Waals surface area contributed by atoms with Crippen molar-refractivity contribution >= 4 is 11.8 Å². The summed E-state index contributed by atoms with van der Waals surface area (Å²) in [6.07, 6.45) is 31.0. The Morgan fingerprint density at radius 2 is 1.27 bits per heavy atom. The molecule has 3 heteroatoms. The van der Waals surface area contributed by atoms with E-state index in [4.69, 9.17) is 4.74 Å². The van der Waals surface area contributed by atoms with Crippen LogP contribution in [0.4, 0.5) is 0 Å². The van der Waals surface area contributed by atoms with Gasteiger partial charge in [0.05, 0.1) is 0 Å². The molecule has 0 aliphatic heterocycles. The zero-order chi connectivity index (χ0) is 28.4. The van der Waals surface area contributed by atoms with Gasteiger partial charge in [-0.15, -0.1) is 0 Å². The molecule has 40 heavy (non-hydrogen) atoms. The Morgan fingerprint density at radius 3 is 1.90 bits per heavy atom. The van der Waals surface area contributed by atoms with Gasteiger partial charge in [0.25, 0.3) is 0 Å². The van der Waals surface area contributed by atoms with E-state index in [9.17, 15) is 9.59 Å². The van der Waals surface area contributed by atoms with Crippen molar-refractivity contribution < 1.29 is 14.3 Å². The summed E-state index contributed by atoms with van der Waals surface area (Å²) in [5.41, 5.74) is 0.528. The van der Waals surface area contributed by atoms with Crippen LogP contribution in [0.2, 0.25) is 0 Å². The van der Waals surface area contributed by atoms with Crippen LogP contribution in [0.15, 0.2) is 0 Å². The number of ketones is 1. The van der Waals surface area contributed by atoms with Crippen LogP contribution < -0.4 is 0 Å². The van der Waals surface area contributed by atoms with Crippen molar-refractivity contribution in [1.82, 2.24) is 0 Å². The van der Waals surface area contributed by atoms with Crippen molar-refractivity contribution in [1.29, 1.82) is 0 Å². The fourth-order valence-corrected chi connectivity index (χ4v) is 10.0. The summed E-state index contributed by atoms with van der Waals surface area (Å²) < 4.78 is 6.24. The number of fused-ring (bicyclic) bond motifs is 5. The first-order valence-electron chi connectivity index (χ1n) is 18.1. The van der Waals surface area contributed by atoms with Crippen molar-refractivity contribution in [2.24, 2.45) is 34.5 Å². The van der Waals surface area contributed by atoms with Crippen molar-refractivity contribution in [2.45, 2.75) is 187 Å². The van der Waals surface area contributed by atoms with Gasteiger partial charge in [-0.3, -0.25) is 9.59 Å². The second kappa shape index (κ2) is 15.6. The lowest BCUT2D eigenvalue weighted by molar-refractivity contribution is -0.164. The predicted molar refractivity (Wildman–Crippen MR) is 166 cm³/mol. The van der Waals surface area contributed by atoms with Crippen LogP contribution in [0, 0.1) is 34.5 Å². The molecule has 4 saturated carbocycles. The molecule has 230 valence electrons. The number of carbonyl (C=O) groups excluding carboxylic acids is 2. The lowest BCUT2D eigenvalue weighted by atomic mass is 9.45. The summed E-state index contributed by atoms with van der Waals surface area (Å²) in [7, 11) is 0. The number of esters is 1. The topological polar surface area (TPSA) is 43.4 Å². The number of rotatable bonds is 17. The van der Waals surface area contributed by atoms with Crippen molar-refractivity contribution in [2.75, 3.05) is 0 Å². The second-order valence-corrected chi connectivity index (χ2v) is 15.2. The molecule has 4 aliphatic rings. The van der Waals surface area contributed by atoms with Crippen LogP contribution in [0.1, 0.15) is 181 Å². The molecule has 0 bridgehead atoms. The highest BCUT2D eigenvalue weighted by Gasteiger charge is 2.61. The highest BCUT2D eigenvalue weighted by atomic mass is 16.5. The largest absolute Gasteiger partial charge is 0.462 e. The third kappa shape index (κ3) is 7.94. The summed E-state index contributed by atoms with van der Waals surface area (Å²) in [6, 6.07) is 0. The van der Waals surface area contributed by atoms with Gasteiger partial charge in [-0.05, 0) is 80.5 Å². The van der Waals surface area contributed by atoms with Crippen LogP contribution in [0.25, 0.3) is 0 Å². The highest BCUT2D eigenvalue weighted by Crippen LogP contribution is 2.66. The van der Waals surface area contributed by atoms with Gasteiger partial charge in [0.15, 0.2) is 0 Å². The Hall–Kier alpha value is -0.860. The number of hydrogen-bond acceptors (Lipinski definition) is 3. The molecule has 4 rings (SSSR count). The first kappa shape index (κ1) is 32.1. The maximum Gasteiger partial charge on any atom is 0.306 e. The highest BCUT2D eigenvalue weighted by molar-refractivity contribution is 5.79.